The molecule has 1 amide bonds. The first-order chi connectivity index (χ1) is 12.5. The SMILES string of the molecule is CSc1nc2nc(C)c(CC(=O)NCCc3cccc(F)c3)c(C)n2n1. The monoisotopic (exact) mass is 373 g/mol. The van der Waals surface area contributed by atoms with Crippen molar-refractivity contribution in [2.45, 2.75) is 31.8 Å². The van der Waals surface area contributed by atoms with Gasteiger partial charge in [0.1, 0.15) is 5.82 Å². The van der Waals surface area contributed by atoms with Crippen molar-refractivity contribution in [2.24, 2.45) is 0 Å². The Morgan fingerprint density at radius 2 is 2.12 bits per heavy atom. The molecular weight excluding hydrogens is 353 g/mol. The molecule has 0 bridgehead atoms. The van der Waals surface area contributed by atoms with Gasteiger partial charge in [-0.25, -0.2) is 13.9 Å². The lowest BCUT2D eigenvalue weighted by Gasteiger charge is -2.11. The Hall–Kier alpha value is -2.48. The van der Waals surface area contributed by atoms with Crippen LogP contribution in [-0.2, 0) is 17.6 Å². The maximum atomic E-state index is 13.2. The number of amides is 1. The predicted molar refractivity (Wildman–Crippen MR) is 98.9 cm³/mol. The fourth-order valence-electron chi connectivity index (χ4n) is 2.79. The largest absolute Gasteiger partial charge is 0.355 e. The molecule has 2 heterocycles. The third kappa shape index (κ3) is 4.01. The molecule has 1 aromatic carbocycles. The number of rotatable bonds is 6. The molecule has 0 atom stereocenters. The van der Waals surface area contributed by atoms with E-state index in [-0.39, 0.29) is 18.1 Å². The number of fused-ring (bicyclic) bond motifs is 1. The van der Waals surface area contributed by atoms with E-state index < -0.39 is 0 Å². The zero-order chi connectivity index (χ0) is 18.7. The minimum atomic E-state index is -0.267. The number of hydrogen-bond acceptors (Lipinski definition) is 5. The lowest BCUT2D eigenvalue weighted by Crippen LogP contribution is -2.28. The number of nitrogens with zero attached hydrogens (tertiary/aromatic N) is 4. The first-order valence-corrected chi connectivity index (χ1v) is 9.48. The lowest BCUT2D eigenvalue weighted by atomic mass is 10.1. The molecular formula is C18H20FN5OS. The highest BCUT2D eigenvalue weighted by Crippen LogP contribution is 2.17. The predicted octanol–water partition coefficient (Wildman–Crippen LogP) is 2.50. The Morgan fingerprint density at radius 3 is 2.85 bits per heavy atom. The number of halogens is 1. The van der Waals surface area contributed by atoms with Gasteiger partial charge in [0.25, 0.3) is 5.78 Å². The number of benzene rings is 1. The highest BCUT2D eigenvalue weighted by molar-refractivity contribution is 7.98. The maximum Gasteiger partial charge on any atom is 0.253 e. The number of aryl methyl sites for hydroxylation is 2. The Labute approximate surface area is 155 Å². The van der Waals surface area contributed by atoms with Gasteiger partial charge in [-0.3, -0.25) is 4.79 Å². The van der Waals surface area contributed by atoms with E-state index in [1.54, 1.807) is 10.6 Å². The van der Waals surface area contributed by atoms with Crippen molar-refractivity contribution in [2.75, 3.05) is 12.8 Å². The minimum Gasteiger partial charge on any atom is -0.355 e. The van der Waals surface area contributed by atoms with Gasteiger partial charge in [-0.2, -0.15) is 4.98 Å². The second kappa shape index (κ2) is 7.82. The van der Waals surface area contributed by atoms with Crippen LogP contribution in [0, 0.1) is 19.7 Å². The number of aromatic nitrogens is 4. The molecule has 0 saturated carbocycles. The number of carbonyl (C=O) groups is 1. The minimum absolute atomic E-state index is 0.0982. The average molecular weight is 373 g/mol. The van der Waals surface area contributed by atoms with E-state index in [1.165, 1.54) is 23.9 Å². The Morgan fingerprint density at radius 1 is 1.31 bits per heavy atom. The first kappa shape index (κ1) is 18.3. The van der Waals surface area contributed by atoms with Gasteiger partial charge in [0, 0.05) is 23.5 Å². The van der Waals surface area contributed by atoms with Gasteiger partial charge in [0.05, 0.1) is 6.42 Å². The third-order valence-corrected chi connectivity index (χ3v) is 4.71. The van der Waals surface area contributed by atoms with Crippen molar-refractivity contribution >= 4 is 23.4 Å². The van der Waals surface area contributed by atoms with Gasteiger partial charge in [-0.15, -0.1) is 5.10 Å². The molecule has 0 unspecified atom stereocenters. The molecule has 1 N–H and O–H groups in total. The summed E-state index contributed by atoms with van der Waals surface area (Å²) in [7, 11) is 0. The molecule has 3 rings (SSSR count). The van der Waals surface area contributed by atoms with Gasteiger partial charge in [0.15, 0.2) is 0 Å². The van der Waals surface area contributed by atoms with Crippen LogP contribution >= 0.6 is 11.8 Å². The quantitative estimate of drug-likeness (QED) is 0.672. The lowest BCUT2D eigenvalue weighted by molar-refractivity contribution is -0.120. The van der Waals surface area contributed by atoms with Crippen LogP contribution in [0.2, 0.25) is 0 Å². The van der Waals surface area contributed by atoms with Gasteiger partial charge in [-0.05, 0) is 44.2 Å². The van der Waals surface area contributed by atoms with Crippen LogP contribution < -0.4 is 5.32 Å². The zero-order valence-electron chi connectivity index (χ0n) is 14.9. The second-order valence-electron chi connectivity index (χ2n) is 5.98. The van der Waals surface area contributed by atoms with Crippen LogP contribution in [0.4, 0.5) is 4.39 Å². The highest BCUT2D eigenvalue weighted by atomic mass is 32.2. The van der Waals surface area contributed by atoms with Crippen LogP contribution in [0.1, 0.15) is 22.5 Å². The summed E-state index contributed by atoms with van der Waals surface area (Å²) in [4.78, 5) is 21.1. The van der Waals surface area contributed by atoms with Crippen molar-refractivity contribution in [1.29, 1.82) is 0 Å². The normalized spacial score (nSPS) is 11.1. The summed E-state index contributed by atoms with van der Waals surface area (Å²) in [5.74, 6) is 0.176. The standard InChI is InChI=1S/C18H20FN5OS/c1-11-15(12(2)24-17(21-11)22-18(23-24)26-3)10-16(25)20-8-7-13-5-4-6-14(19)9-13/h4-6,9H,7-8,10H2,1-3H3,(H,20,25). The van der Waals surface area contributed by atoms with E-state index in [2.05, 4.69) is 20.4 Å². The maximum absolute atomic E-state index is 13.2. The van der Waals surface area contributed by atoms with Crippen LogP contribution in [-0.4, -0.2) is 38.3 Å². The molecule has 0 spiro atoms. The number of carbonyl (C=O) groups excluding carboxylic acids is 1. The summed E-state index contributed by atoms with van der Waals surface area (Å²) in [6.07, 6.45) is 2.71. The molecule has 0 aliphatic rings. The first-order valence-electron chi connectivity index (χ1n) is 8.26. The van der Waals surface area contributed by atoms with E-state index in [1.807, 2.05) is 26.2 Å². The molecule has 0 radical (unpaired) electrons. The molecule has 0 fully saturated rings. The Bertz CT molecular complexity index is 956. The van der Waals surface area contributed by atoms with Gasteiger partial charge >= 0.3 is 0 Å². The summed E-state index contributed by atoms with van der Waals surface area (Å²) in [6.45, 7) is 4.24. The van der Waals surface area contributed by atoms with Crippen molar-refractivity contribution in [3.8, 4) is 0 Å². The van der Waals surface area contributed by atoms with Crippen molar-refractivity contribution in [1.82, 2.24) is 24.9 Å². The second-order valence-corrected chi connectivity index (χ2v) is 6.75. The molecule has 2 aromatic heterocycles. The molecule has 0 saturated heterocycles. The molecule has 26 heavy (non-hydrogen) atoms. The summed E-state index contributed by atoms with van der Waals surface area (Å²) >= 11 is 1.45. The van der Waals surface area contributed by atoms with E-state index in [0.29, 0.717) is 23.9 Å². The molecule has 3 aromatic rings. The summed E-state index contributed by atoms with van der Waals surface area (Å²) < 4.78 is 14.9. The summed E-state index contributed by atoms with van der Waals surface area (Å²) in [5.41, 5.74) is 3.34. The van der Waals surface area contributed by atoms with Crippen molar-refractivity contribution in [3.63, 3.8) is 0 Å². The van der Waals surface area contributed by atoms with Crippen LogP contribution in [0.5, 0.6) is 0 Å². The average Bonchev–Trinajstić information content (AvgIpc) is 3.02. The Kier molecular flexibility index (Phi) is 5.51. The third-order valence-electron chi connectivity index (χ3n) is 4.17. The van der Waals surface area contributed by atoms with Crippen LogP contribution in [0.15, 0.2) is 29.4 Å². The number of nitrogens with one attached hydrogen (secondary N) is 1. The Balaban J connectivity index is 1.67. The summed E-state index contributed by atoms with van der Waals surface area (Å²) in [6, 6.07) is 6.40. The smallest absolute Gasteiger partial charge is 0.253 e. The van der Waals surface area contributed by atoms with E-state index in [4.69, 9.17) is 0 Å². The fourth-order valence-corrected chi connectivity index (χ4v) is 3.13. The zero-order valence-corrected chi connectivity index (χ0v) is 15.7. The molecule has 136 valence electrons. The van der Waals surface area contributed by atoms with Crippen molar-refractivity contribution < 1.29 is 9.18 Å². The number of hydrogen-bond donors (Lipinski definition) is 1. The highest BCUT2D eigenvalue weighted by Gasteiger charge is 2.15. The van der Waals surface area contributed by atoms with Crippen molar-refractivity contribution in [3.05, 3.63) is 52.6 Å². The molecule has 0 aliphatic carbocycles. The van der Waals surface area contributed by atoms with Gasteiger partial charge in [-0.1, -0.05) is 23.9 Å². The summed E-state index contributed by atoms with van der Waals surface area (Å²) in [5, 5.41) is 7.92. The topological polar surface area (TPSA) is 72.2 Å². The number of thioether (sulfide) groups is 1. The molecule has 0 aliphatic heterocycles. The van der Waals surface area contributed by atoms with E-state index >= 15 is 0 Å². The van der Waals surface area contributed by atoms with Gasteiger partial charge < -0.3 is 5.32 Å². The van der Waals surface area contributed by atoms with E-state index in [9.17, 15) is 9.18 Å². The fraction of sp³-hybridized carbons (Fsp3) is 0.333. The molecule has 8 heteroatoms. The molecule has 6 nitrogen and oxygen atoms in total. The van der Waals surface area contributed by atoms with Crippen LogP contribution in [0.25, 0.3) is 5.78 Å². The van der Waals surface area contributed by atoms with E-state index in [0.717, 1.165) is 22.5 Å². The van der Waals surface area contributed by atoms with Crippen LogP contribution in [0.3, 0.4) is 0 Å². The van der Waals surface area contributed by atoms with Gasteiger partial charge in [0.2, 0.25) is 11.1 Å².